The van der Waals surface area contributed by atoms with Crippen molar-refractivity contribution in [2.75, 3.05) is 6.61 Å². The lowest BCUT2D eigenvalue weighted by molar-refractivity contribution is -0.312. The van der Waals surface area contributed by atoms with E-state index in [0.717, 1.165) is 23.1 Å². The van der Waals surface area contributed by atoms with Gasteiger partial charge in [0, 0.05) is 12.1 Å². The first-order valence-corrected chi connectivity index (χ1v) is 13.2. The quantitative estimate of drug-likeness (QED) is 0.423. The van der Waals surface area contributed by atoms with Crippen LogP contribution in [-0.2, 0) is 14.2 Å². The molecule has 4 aliphatic carbocycles. The first-order valence-electron chi connectivity index (χ1n) is 13.2. The van der Waals surface area contributed by atoms with Crippen LogP contribution in [0.5, 0.6) is 0 Å². The molecular formula is C29H39NO6. The standard InChI is InChI=1S/C29H39NO6/c1-14-8-9-30-21(14)25(32)35-23-15(2)12-28-16(3)10-19-20(26(19,4)5)18(22(28)31)11-17-13-34-27(6,7)36-24(17)29(23,28)33/h8-9,11-12,16,18-20,22-24,30-31,33H,10,13H2,1-7H3/t16-,18+,19-,20+,22?,23+,24-,28+,29-/m1/s1. The van der Waals surface area contributed by atoms with Crippen LogP contribution in [0.1, 0.15) is 64.0 Å². The van der Waals surface area contributed by atoms with Crippen LogP contribution in [0.25, 0.3) is 0 Å². The predicted molar refractivity (Wildman–Crippen MR) is 133 cm³/mol. The Balaban J connectivity index is 1.53. The molecule has 0 aromatic carbocycles. The van der Waals surface area contributed by atoms with Gasteiger partial charge in [-0.1, -0.05) is 32.9 Å². The molecule has 1 saturated heterocycles. The van der Waals surface area contributed by atoms with E-state index >= 15 is 0 Å². The summed E-state index contributed by atoms with van der Waals surface area (Å²) < 4.78 is 18.7. The molecule has 196 valence electrons. The molecule has 7 heteroatoms. The number of aromatic nitrogens is 1. The van der Waals surface area contributed by atoms with Gasteiger partial charge in [0.1, 0.15) is 17.4 Å². The van der Waals surface area contributed by atoms with Crippen LogP contribution in [0.2, 0.25) is 0 Å². The fraction of sp³-hybridized carbons (Fsp3) is 0.690. The summed E-state index contributed by atoms with van der Waals surface area (Å²) in [6.45, 7) is 14.4. The number of nitrogens with one attached hydrogen (secondary N) is 1. The van der Waals surface area contributed by atoms with Gasteiger partial charge in [-0.15, -0.1) is 0 Å². The predicted octanol–water partition coefficient (Wildman–Crippen LogP) is 3.91. The number of rotatable bonds is 2. The van der Waals surface area contributed by atoms with Gasteiger partial charge in [-0.05, 0) is 80.1 Å². The second kappa shape index (κ2) is 7.34. The molecule has 1 spiro atoms. The highest BCUT2D eigenvalue weighted by atomic mass is 16.7. The summed E-state index contributed by atoms with van der Waals surface area (Å²) in [5, 5.41) is 25.3. The summed E-state index contributed by atoms with van der Waals surface area (Å²) in [4.78, 5) is 16.3. The van der Waals surface area contributed by atoms with Gasteiger partial charge in [-0.3, -0.25) is 0 Å². The second-order valence-corrected chi connectivity index (χ2v) is 13.0. The summed E-state index contributed by atoms with van der Waals surface area (Å²) in [5.41, 5.74) is 0.0611. The first-order chi connectivity index (χ1) is 16.8. The minimum atomic E-state index is -1.70. The number of esters is 1. The Morgan fingerprint density at radius 2 is 1.94 bits per heavy atom. The van der Waals surface area contributed by atoms with Gasteiger partial charge in [0.2, 0.25) is 0 Å². The number of ether oxygens (including phenoxy) is 3. The minimum Gasteiger partial charge on any atom is -0.450 e. The van der Waals surface area contributed by atoms with E-state index in [2.05, 4.69) is 31.8 Å². The van der Waals surface area contributed by atoms with E-state index < -0.39 is 41.1 Å². The molecule has 0 radical (unpaired) electrons. The minimum absolute atomic E-state index is 0.0649. The van der Waals surface area contributed by atoms with Crippen LogP contribution in [0.4, 0.5) is 0 Å². The van der Waals surface area contributed by atoms with Crippen LogP contribution in [0.15, 0.2) is 35.6 Å². The van der Waals surface area contributed by atoms with E-state index in [9.17, 15) is 15.0 Å². The number of hydrogen-bond acceptors (Lipinski definition) is 6. The Morgan fingerprint density at radius 3 is 2.61 bits per heavy atom. The molecule has 9 atom stereocenters. The lowest BCUT2D eigenvalue weighted by Crippen LogP contribution is -2.69. The maximum absolute atomic E-state index is 13.3. The Hall–Kier alpha value is -1.93. The van der Waals surface area contributed by atoms with E-state index in [-0.39, 0.29) is 17.3 Å². The van der Waals surface area contributed by atoms with Gasteiger partial charge < -0.3 is 29.4 Å². The summed E-state index contributed by atoms with van der Waals surface area (Å²) in [7, 11) is 0. The smallest absolute Gasteiger partial charge is 0.355 e. The van der Waals surface area contributed by atoms with Crippen molar-refractivity contribution in [1.29, 1.82) is 0 Å². The maximum atomic E-state index is 13.3. The zero-order valence-electron chi connectivity index (χ0n) is 22.3. The van der Waals surface area contributed by atoms with Gasteiger partial charge in [0.05, 0.1) is 18.1 Å². The SMILES string of the molecule is CC1=C[C@]23C(O)[C@@H](C=C4COC(C)(C)O[C@H]4[C@]2(O)[C@H]1OC(=O)c1[nH]ccc1C)[C@H]1[C@@H](C[C@H]3C)C1(C)C. The molecule has 3 fully saturated rings. The average molecular weight is 498 g/mol. The normalized spacial score (nSPS) is 45.8. The van der Waals surface area contributed by atoms with E-state index in [1.54, 1.807) is 6.20 Å². The summed E-state index contributed by atoms with van der Waals surface area (Å²) in [6, 6.07) is 1.82. The highest BCUT2D eigenvalue weighted by Gasteiger charge is 2.77. The van der Waals surface area contributed by atoms with Crippen LogP contribution in [-0.4, -0.2) is 57.5 Å². The third-order valence-electron chi connectivity index (χ3n) is 10.3. The van der Waals surface area contributed by atoms with Crippen LogP contribution in [0.3, 0.4) is 0 Å². The molecule has 6 rings (SSSR count). The number of hydrogen-bond donors (Lipinski definition) is 3. The third kappa shape index (κ3) is 2.91. The highest BCUT2D eigenvalue weighted by molar-refractivity contribution is 5.89. The number of aliphatic hydroxyl groups is 2. The van der Waals surface area contributed by atoms with Gasteiger partial charge >= 0.3 is 5.97 Å². The average Bonchev–Trinajstić information content (AvgIpc) is 3.05. The Kier molecular flexibility index (Phi) is 4.98. The van der Waals surface area contributed by atoms with Gasteiger partial charge in [-0.25, -0.2) is 4.79 Å². The summed E-state index contributed by atoms with van der Waals surface area (Å²) in [5.74, 6) is -0.939. The van der Waals surface area contributed by atoms with Crippen molar-refractivity contribution in [2.24, 2.45) is 34.5 Å². The second-order valence-electron chi connectivity index (χ2n) is 13.0. The lowest BCUT2D eigenvalue weighted by atomic mass is 9.58. The van der Waals surface area contributed by atoms with Crippen LogP contribution >= 0.6 is 0 Å². The van der Waals surface area contributed by atoms with E-state index in [4.69, 9.17) is 14.2 Å². The molecule has 7 nitrogen and oxygen atoms in total. The third-order valence-corrected chi connectivity index (χ3v) is 10.3. The first kappa shape index (κ1) is 24.4. The van der Waals surface area contributed by atoms with Gasteiger partial charge in [0.25, 0.3) is 0 Å². The van der Waals surface area contributed by atoms with Crippen molar-refractivity contribution in [2.45, 2.75) is 84.6 Å². The molecule has 2 heterocycles. The molecule has 1 aromatic heterocycles. The van der Waals surface area contributed by atoms with Gasteiger partial charge in [-0.2, -0.15) is 0 Å². The highest BCUT2D eigenvalue weighted by Crippen LogP contribution is 2.73. The Bertz CT molecular complexity index is 1180. The monoisotopic (exact) mass is 497 g/mol. The number of carbonyl (C=O) groups excluding carboxylic acids is 1. The number of carbonyl (C=O) groups is 1. The fourth-order valence-electron chi connectivity index (χ4n) is 8.44. The number of aryl methyl sites for hydroxylation is 1. The fourth-order valence-corrected chi connectivity index (χ4v) is 8.44. The van der Waals surface area contributed by atoms with Crippen molar-refractivity contribution in [1.82, 2.24) is 4.98 Å². The molecule has 1 unspecified atom stereocenters. The number of H-pyrrole nitrogens is 1. The summed E-state index contributed by atoms with van der Waals surface area (Å²) >= 11 is 0. The molecule has 1 aliphatic heterocycles. The maximum Gasteiger partial charge on any atom is 0.355 e. The molecule has 1 aromatic rings. The van der Waals surface area contributed by atoms with E-state index in [1.807, 2.05) is 39.8 Å². The number of fused-ring (bicyclic) bond motifs is 5. The molecule has 3 N–H and O–H groups in total. The zero-order chi connectivity index (χ0) is 26.0. The van der Waals surface area contributed by atoms with Gasteiger partial charge in [0.15, 0.2) is 11.9 Å². The van der Waals surface area contributed by atoms with Crippen molar-refractivity contribution < 1.29 is 29.2 Å². The molecule has 2 bridgehead atoms. The number of aliphatic hydroxyl groups excluding tert-OH is 1. The van der Waals surface area contributed by atoms with Crippen molar-refractivity contribution >= 4 is 5.97 Å². The number of aromatic amines is 1. The van der Waals surface area contributed by atoms with Crippen LogP contribution in [0, 0.1) is 41.4 Å². The van der Waals surface area contributed by atoms with Crippen LogP contribution < -0.4 is 0 Å². The van der Waals surface area contributed by atoms with Crippen molar-refractivity contribution in [3.8, 4) is 0 Å². The summed E-state index contributed by atoms with van der Waals surface area (Å²) in [6.07, 6.45) is 4.07. The largest absolute Gasteiger partial charge is 0.450 e. The van der Waals surface area contributed by atoms with E-state index in [1.165, 1.54) is 0 Å². The van der Waals surface area contributed by atoms with E-state index in [0.29, 0.717) is 24.1 Å². The molecule has 5 aliphatic rings. The lowest BCUT2D eigenvalue weighted by Gasteiger charge is -2.55. The molecule has 36 heavy (non-hydrogen) atoms. The zero-order valence-corrected chi connectivity index (χ0v) is 22.3. The van der Waals surface area contributed by atoms with Crippen molar-refractivity contribution in [3.05, 3.63) is 46.8 Å². The molecule has 2 saturated carbocycles. The molecule has 0 amide bonds. The molecular weight excluding hydrogens is 458 g/mol. The van der Waals surface area contributed by atoms with Crippen molar-refractivity contribution in [3.63, 3.8) is 0 Å². The Labute approximate surface area is 212 Å². The Morgan fingerprint density at radius 1 is 1.22 bits per heavy atom. The topological polar surface area (TPSA) is 101 Å².